The van der Waals surface area contributed by atoms with Crippen LogP contribution in [-0.2, 0) is 12.8 Å². The molecular weight excluding hydrogens is 392 g/mol. The number of hydrogen-bond acceptors (Lipinski definition) is 2. The molecule has 2 aromatic carbocycles. The third-order valence-electron chi connectivity index (χ3n) is 8.41. The molecule has 7 rings (SSSR count). The molecule has 4 heterocycles. The highest BCUT2D eigenvalue weighted by Crippen LogP contribution is 2.41. The summed E-state index contributed by atoms with van der Waals surface area (Å²) in [4.78, 5) is 0. The Balaban J connectivity index is 1.54. The lowest BCUT2D eigenvalue weighted by Gasteiger charge is -2.28. The maximum absolute atomic E-state index is 3.68. The minimum Gasteiger partial charge on any atom is -0.340 e. The molecule has 0 radical (unpaired) electrons. The number of rotatable bonds is 2. The van der Waals surface area contributed by atoms with Crippen LogP contribution in [0.15, 0.2) is 36.4 Å². The van der Waals surface area contributed by atoms with Crippen LogP contribution in [0.25, 0.3) is 32.7 Å². The summed E-state index contributed by atoms with van der Waals surface area (Å²) in [5.74, 6) is 0. The Hall–Kier alpha value is -2.30. The first-order valence-corrected chi connectivity index (χ1v) is 12.9. The molecule has 0 amide bonds. The van der Waals surface area contributed by atoms with E-state index in [2.05, 4.69) is 56.2 Å². The first-order chi connectivity index (χ1) is 15.9. The van der Waals surface area contributed by atoms with Crippen LogP contribution in [0.1, 0.15) is 61.9 Å². The van der Waals surface area contributed by atoms with Crippen molar-refractivity contribution >= 4 is 32.7 Å². The Morgan fingerprint density at radius 1 is 0.656 bits per heavy atom. The lowest BCUT2D eigenvalue weighted by molar-refractivity contribution is 0.369. The van der Waals surface area contributed by atoms with Gasteiger partial charge in [-0.1, -0.05) is 18.2 Å². The van der Waals surface area contributed by atoms with Crippen LogP contribution in [0.2, 0.25) is 0 Å². The van der Waals surface area contributed by atoms with Crippen molar-refractivity contribution < 1.29 is 0 Å². The van der Waals surface area contributed by atoms with Crippen molar-refractivity contribution in [3.63, 3.8) is 0 Å². The Morgan fingerprint density at radius 2 is 1.38 bits per heavy atom. The highest BCUT2D eigenvalue weighted by atomic mass is 15.1. The van der Waals surface area contributed by atoms with Crippen molar-refractivity contribution in [2.75, 3.05) is 26.2 Å². The highest BCUT2D eigenvalue weighted by molar-refractivity contribution is 6.13. The molecule has 2 fully saturated rings. The summed E-state index contributed by atoms with van der Waals surface area (Å²) >= 11 is 0. The van der Waals surface area contributed by atoms with Gasteiger partial charge >= 0.3 is 0 Å². The van der Waals surface area contributed by atoms with Gasteiger partial charge in [-0.3, -0.25) is 0 Å². The van der Waals surface area contributed by atoms with Gasteiger partial charge in [0.15, 0.2) is 0 Å². The van der Waals surface area contributed by atoms with Gasteiger partial charge in [0, 0.05) is 52.5 Å². The van der Waals surface area contributed by atoms with Crippen LogP contribution >= 0.6 is 0 Å². The van der Waals surface area contributed by atoms with E-state index in [0.29, 0.717) is 12.1 Å². The van der Waals surface area contributed by atoms with E-state index in [4.69, 9.17) is 0 Å². The smallest absolute Gasteiger partial charge is 0.0515 e. The summed E-state index contributed by atoms with van der Waals surface area (Å²) in [6.45, 7) is 4.52. The summed E-state index contributed by atoms with van der Waals surface area (Å²) in [5, 5.41) is 11.7. The van der Waals surface area contributed by atoms with E-state index in [1.807, 2.05) is 0 Å². The number of nitrogens with one attached hydrogen (secondary N) is 2. The standard InChI is InChI=1S/C28H34N4/c1-3-11-25-21(9-1)23-15-24-22-10-2-4-12-26(22)32(20-8-6-14-30-18-20)28(24)16-27(23)31(25)19-7-5-13-29-17-19/h1,3,9,11,15-16,19-20,29-30H,2,4-8,10,12-14,17-18H2. The van der Waals surface area contributed by atoms with Crippen molar-refractivity contribution in [3.8, 4) is 0 Å². The van der Waals surface area contributed by atoms with E-state index >= 15 is 0 Å². The molecule has 2 atom stereocenters. The third kappa shape index (κ3) is 2.82. The van der Waals surface area contributed by atoms with Crippen molar-refractivity contribution in [1.82, 2.24) is 19.8 Å². The highest BCUT2D eigenvalue weighted by Gasteiger charge is 2.28. The molecule has 0 bridgehead atoms. The molecular formula is C28H34N4. The van der Waals surface area contributed by atoms with Crippen LogP contribution in [0.5, 0.6) is 0 Å². The maximum atomic E-state index is 3.68. The van der Waals surface area contributed by atoms with Gasteiger partial charge in [0.2, 0.25) is 0 Å². The van der Waals surface area contributed by atoms with Crippen molar-refractivity contribution in [2.45, 2.75) is 63.5 Å². The average molecular weight is 427 g/mol. The summed E-state index contributed by atoms with van der Waals surface area (Å²) in [5.41, 5.74) is 7.62. The fourth-order valence-electron chi connectivity index (χ4n) is 6.98. The summed E-state index contributed by atoms with van der Waals surface area (Å²) < 4.78 is 5.45. The minimum atomic E-state index is 0.540. The van der Waals surface area contributed by atoms with Crippen LogP contribution in [0.3, 0.4) is 0 Å². The van der Waals surface area contributed by atoms with E-state index < -0.39 is 0 Å². The molecule has 4 nitrogen and oxygen atoms in total. The van der Waals surface area contributed by atoms with Gasteiger partial charge in [0.1, 0.15) is 0 Å². The second-order valence-corrected chi connectivity index (χ2v) is 10.3. The number of fused-ring (bicyclic) bond motifs is 6. The fourth-order valence-corrected chi connectivity index (χ4v) is 6.98. The lowest BCUT2D eigenvalue weighted by atomic mass is 9.95. The fraction of sp³-hybridized carbons (Fsp3) is 0.500. The number of benzene rings is 2. The van der Waals surface area contributed by atoms with E-state index in [1.165, 1.54) is 90.6 Å². The van der Waals surface area contributed by atoms with Gasteiger partial charge in [-0.2, -0.15) is 0 Å². The molecule has 32 heavy (non-hydrogen) atoms. The molecule has 0 saturated carbocycles. The second-order valence-electron chi connectivity index (χ2n) is 10.3. The Labute approximate surface area is 190 Å². The molecule has 2 unspecified atom stereocenters. The molecule has 0 spiro atoms. The number of para-hydroxylation sites is 1. The number of aryl methyl sites for hydroxylation is 1. The summed E-state index contributed by atoms with van der Waals surface area (Å²) in [7, 11) is 0. The Bertz CT molecular complexity index is 1300. The molecule has 4 heteroatoms. The topological polar surface area (TPSA) is 33.9 Å². The predicted molar refractivity (Wildman–Crippen MR) is 134 cm³/mol. The zero-order valence-corrected chi connectivity index (χ0v) is 19.0. The van der Waals surface area contributed by atoms with Crippen LogP contribution in [0, 0.1) is 0 Å². The van der Waals surface area contributed by atoms with Gasteiger partial charge in [0.05, 0.1) is 11.0 Å². The van der Waals surface area contributed by atoms with Crippen molar-refractivity contribution in [3.05, 3.63) is 47.7 Å². The zero-order valence-electron chi connectivity index (χ0n) is 19.0. The monoisotopic (exact) mass is 426 g/mol. The maximum Gasteiger partial charge on any atom is 0.0515 e. The van der Waals surface area contributed by atoms with Gasteiger partial charge < -0.3 is 19.8 Å². The Kier molecular flexibility index (Phi) is 4.58. The number of nitrogens with zero attached hydrogens (tertiary/aromatic N) is 2. The summed E-state index contributed by atoms with van der Waals surface area (Å²) in [6.07, 6.45) is 10.3. The first-order valence-electron chi connectivity index (χ1n) is 12.9. The van der Waals surface area contributed by atoms with Crippen molar-refractivity contribution in [1.29, 1.82) is 0 Å². The normalized spacial score (nSPS) is 24.4. The molecule has 166 valence electrons. The van der Waals surface area contributed by atoms with Crippen LogP contribution in [-0.4, -0.2) is 35.3 Å². The summed E-state index contributed by atoms with van der Waals surface area (Å²) in [6, 6.07) is 15.4. The number of hydrogen-bond donors (Lipinski definition) is 2. The van der Waals surface area contributed by atoms with Gasteiger partial charge in [-0.15, -0.1) is 0 Å². The molecule has 2 saturated heterocycles. The van der Waals surface area contributed by atoms with Gasteiger partial charge in [-0.25, -0.2) is 0 Å². The quantitative estimate of drug-likeness (QED) is 0.445. The predicted octanol–water partition coefficient (Wildman–Crippen LogP) is 5.48. The molecule has 2 aliphatic heterocycles. The molecule has 4 aromatic rings. The molecule has 1 aliphatic carbocycles. The second kappa shape index (κ2) is 7.64. The number of piperidine rings is 2. The van der Waals surface area contributed by atoms with E-state index in [1.54, 1.807) is 11.3 Å². The lowest BCUT2D eigenvalue weighted by Crippen LogP contribution is -2.32. The third-order valence-corrected chi connectivity index (χ3v) is 8.41. The first kappa shape index (κ1) is 19.2. The van der Waals surface area contributed by atoms with Crippen LogP contribution in [0.4, 0.5) is 0 Å². The minimum absolute atomic E-state index is 0.540. The molecule has 2 N–H and O–H groups in total. The zero-order chi connectivity index (χ0) is 21.1. The van der Waals surface area contributed by atoms with E-state index in [0.717, 1.165) is 19.6 Å². The van der Waals surface area contributed by atoms with Crippen LogP contribution < -0.4 is 10.6 Å². The SMILES string of the molecule is c1ccc2c(c1)c1cc3c4c(n(C5CCCNC5)c3cc1n2C1CCCNC1)CCCC4. The van der Waals surface area contributed by atoms with Crippen molar-refractivity contribution in [2.24, 2.45) is 0 Å². The average Bonchev–Trinajstić information content (AvgIpc) is 3.36. The molecule has 2 aromatic heterocycles. The van der Waals surface area contributed by atoms with Gasteiger partial charge in [-0.05, 0) is 88.2 Å². The largest absolute Gasteiger partial charge is 0.340 e. The Morgan fingerprint density at radius 3 is 2.16 bits per heavy atom. The molecule has 3 aliphatic rings. The number of aromatic nitrogens is 2. The van der Waals surface area contributed by atoms with E-state index in [-0.39, 0.29) is 0 Å². The van der Waals surface area contributed by atoms with E-state index in [9.17, 15) is 0 Å². The van der Waals surface area contributed by atoms with Gasteiger partial charge in [0.25, 0.3) is 0 Å².